The summed E-state index contributed by atoms with van der Waals surface area (Å²) in [7, 11) is -3.86. The molecule has 1 saturated heterocycles. The molecule has 2 aromatic rings. The van der Waals surface area contributed by atoms with Crippen LogP contribution >= 0.6 is 0 Å². The largest absolute Gasteiger partial charge is 0.352 e. The minimum Gasteiger partial charge on any atom is -0.352 e. The highest BCUT2D eigenvalue weighted by molar-refractivity contribution is 7.92. The second-order valence-corrected chi connectivity index (χ2v) is 9.98. The SMILES string of the molecule is CCCC(=O)NC1CCCN(C(=O)c2ccccc2NS(=O)(=O)c2cc(C)ccc2C)C1. The van der Waals surface area contributed by atoms with E-state index in [9.17, 15) is 18.0 Å². The highest BCUT2D eigenvalue weighted by Crippen LogP contribution is 2.25. The van der Waals surface area contributed by atoms with Crippen LogP contribution in [0.15, 0.2) is 47.4 Å². The van der Waals surface area contributed by atoms with Gasteiger partial charge in [-0.25, -0.2) is 8.42 Å². The molecule has 2 amide bonds. The number of nitrogens with one attached hydrogen (secondary N) is 2. The maximum absolute atomic E-state index is 13.3. The maximum atomic E-state index is 13.3. The van der Waals surface area contributed by atoms with Crippen LogP contribution in [0.2, 0.25) is 0 Å². The van der Waals surface area contributed by atoms with Gasteiger partial charge in [0, 0.05) is 25.6 Å². The van der Waals surface area contributed by atoms with Crippen molar-refractivity contribution in [1.82, 2.24) is 10.2 Å². The standard InChI is InChI=1S/C24H31N3O4S/c1-4-8-23(28)25-19-9-7-14-27(16-19)24(29)20-10-5-6-11-21(20)26-32(30,31)22-15-17(2)12-13-18(22)3/h5-6,10-13,15,19,26H,4,7-9,14,16H2,1-3H3,(H,25,28). The fourth-order valence-electron chi connectivity index (χ4n) is 3.93. The van der Waals surface area contributed by atoms with Crippen molar-refractivity contribution in [2.24, 2.45) is 0 Å². The molecule has 1 aliphatic heterocycles. The van der Waals surface area contributed by atoms with Gasteiger partial charge >= 0.3 is 0 Å². The summed E-state index contributed by atoms with van der Waals surface area (Å²) in [5.41, 5.74) is 2.01. The summed E-state index contributed by atoms with van der Waals surface area (Å²) in [5, 5.41) is 3.00. The predicted octanol–water partition coefficient (Wildman–Crippen LogP) is 3.63. The number of rotatable bonds is 7. The van der Waals surface area contributed by atoms with Crippen molar-refractivity contribution >= 4 is 27.5 Å². The van der Waals surface area contributed by atoms with E-state index >= 15 is 0 Å². The number of aryl methyl sites for hydroxylation is 2. The predicted molar refractivity (Wildman–Crippen MR) is 125 cm³/mol. The molecule has 0 saturated carbocycles. The van der Waals surface area contributed by atoms with Crippen molar-refractivity contribution in [2.45, 2.75) is 57.4 Å². The van der Waals surface area contributed by atoms with E-state index in [0.29, 0.717) is 30.6 Å². The van der Waals surface area contributed by atoms with Crippen LogP contribution in [0.4, 0.5) is 5.69 Å². The fraction of sp³-hybridized carbons (Fsp3) is 0.417. The van der Waals surface area contributed by atoms with Crippen LogP contribution in [-0.4, -0.2) is 44.3 Å². The van der Waals surface area contributed by atoms with E-state index in [-0.39, 0.29) is 28.4 Å². The first kappa shape index (κ1) is 23.8. The Hall–Kier alpha value is -2.87. The van der Waals surface area contributed by atoms with Gasteiger partial charge in [0.25, 0.3) is 15.9 Å². The lowest BCUT2D eigenvalue weighted by Gasteiger charge is -2.33. The molecule has 1 atom stereocenters. The summed E-state index contributed by atoms with van der Waals surface area (Å²) in [6, 6.07) is 11.8. The third-order valence-electron chi connectivity index (χ3n) is 5.59. The van der Waals surface area contributed by atoms with Crippen LogP contribution in [0.5, 0.6) is 0 Å². The Morgan fingerprint density at radius 1 is 1.12 bits per heavy atom. The fourth-order valence-corrected chi connectivity index (χ4v) is 5.34. The quantitative estimate of drug-likeness (QED) is 0.664. The van der Waals surface area contributed by atoms with E-state index in [1.165, 1.54) is 0 Å². The zero-order chi connectivity index (χ0) is 23.3. The lowest BCUT2D eigenvalue weighted by atomic mass is 10.0. The Bertz CT molecular complexity index is 1100. The van der Waals surface area contributed by atoms with Gasteiger partial charge in [0.05, 0.1) is 16.1 Å². The van der Waals surface area contributed by atoms with E-state index in [2.05, 4.69) is 10.0 Å². The smallest absolute Gasteiger partial charge is 0.262 e. The van der Waals surface area contributed by atoms with Gasteiger partial charge in [-0.15, -0.1) is 0 Å². The number of sulfonamides is 1. The van der Waals surface area contributed by atoms with Crippen molar-refractivity contribution in [3.63, 3.8) is 0 Å². The molecular formula is C24H31N3O4S. The molecule has 0 bridgehead atoms. The Morgan fingerprint density at radius 3 is 2.62 bits per heavy atom. The average Bonchev–Trinajstić information content (AvgIpc) is 2.75. The van der Waals surface area contributed by atoms with Crippen LogP contribution in [-0.2, 0) is 14.8 Å². The summed E-state index contributed by atoms with van der Waals surface area (Å²) in [6.07, 6.45) is 2.84. The number of amides is 2. The molecule has 172 valence electrons. The molecule has 0 spiro atoms. The van der Waals surface area contributed by atoms with Crippen LogP contribution in [0.3, 0.4) is 0 Å². The minimum atomic E-state index is -3.86. The van der Waals surface area contributed by atoms with Gasteiger partial charge in [-0.2, -0.15) is 0 Å². The van der Waals surface area contributed by atoms with Crippen LogP contribution in [0, 0.1) is 13.8 Å². The first-order chi connectivity index (χ1) is 15.2. The molecule has 1 fully saturated rings. The van der Waals surface area contributed by atoms with Gasteiger partial charge in [-0.05, 0) is 62.4 Å². The summed E-state index contributed by atoms with van der Waals surface area (Å²) < 4.78 is 28.8. The molecule has 8 heteroatoms. The first-order valence-electron chi connectivity index (χ1n) is 11.0. The molecule has 1 heterocycles. The van der Waals surface area contributed by atoms with Gasteiger partial charge in [-0.3, -0.25) is 14.3 Å². The minimum absolute atomic E-state index is 0.00603. The topological polar surface area (TPSA) is 95.6 Å². The molecule has 0 aliphatic carbocycles. The second kappa shape index (κ2) is 10.2. The molecule has 2 aromatic carbocycles. The van der Waals surface area contributed by atoms with Gasteiger partial charge in [0.15, 0.2) is 0 Å². The lowest BCUT2D eigenvalue weighted by molar-refractivity contribution is -0.122. The molecule has 0 aromatic heterocycles. The van der Waals surface area contributed by atoms with E-state index in [4.69, 9.17) is 0 Å². The third-order valence-corrected chi connectivity index (χ3v) is 7.09. The Balaban J connectivity index is 1.81. The van der Waals surface area contributed by atoms with E-state index in [0.717, 1.165) is 24.8 Å². The first-order valence-corrected chi connectivity index (χ1v) is 12.5. The molecule has 7 nitrogen and oxygen atoms in total. The molecule has 0 radical (unpaired) electrons. The number of hydrogen-bond donors (Lipinski definition) is 2. The summed E-state index contributed by atoms with van der Waals surface area (Å²) >= 11 is 0. The molecular weight excluding hydrogens is 426 g/mol. The zero-order valence-corrected chi connectivity index (χ0v) is 19.7. The van der Waals surface area contributed by atoms with Gasteiger partial charge in [-0.1, -0.05) is 31.2 Å². The Kier molecular flexibility index (Phi) is 7.56. The highest BCUT2D eigenvalue weighted by Gasteiger charge is 2.28. The number of nitrogens with zero attached hydrogens (tertiary/aromatic N) is 1. The monoisotopic (exact) mass is 457 g/mol. The summed E-state index contributed by atoms with van der Waals surface area (Å²) in [5.74, 6) is -0.257. The number of likely N-dealkylation sites (tertiary alicyclic amines) is 1. The number of anilines is 1. The average molecular weight is 458 g/mol. The van der Waals surface area contributed by atoms with Gasteiger partial charge in [0.1, 0.15) is 0 Å². The van der Waals surface area contributed by atoms with Crippen LogP contribution in [0.1, 0.15) is 54.1 Å². The normalized spacial score (nSPS) is 16.5. The molecule has 32 heavy (non-hydrogen) atoms. The maximum Gasteiger partial charge on any atom is 0.262 e. The molecule has 2 N–H and O–H groups in total. The Labute approximate surface area is 190 Å². The van der Waals surface area contributed by atoms with Gasteiger partial charge < -0.3 is 10.2 Å². The summed E-state index contributed by atoms with van der Waals surface area (Å²) in [4.78, 5) is 27.1. The van der Waals surface area contributed by atoms with Crippen LogP contribution < -0.4 is 10.0 Å². The van der Waals surface area contributed by atoms with E-state index in [1.807, 2.05) is 19.9 Å². The number of carbonyl (C=O) groups is 2. The van der Waals surface area contributed by atoms with Crippen molar-refractivity contribution in [3.05, 3.63) is 59.2 Å². The molecule has 1 aliphatic rings. The number of para-hydroxylation sites is 1. The van der Waals surface area contributed by atoms with Crippen molar-refractivity contribution in [2.75, 3.05) is 17.8 Å². The lowest BCUT2D eigenvalue weighted by Crippen LogP contribution is -2.49. The van der Waals surface area contributed by atoms with Crippen molar-refractivity contribution < 1.29 is 18.0 Å². The highest BCUT2D eigenvalue weighted by atomic mass is 32.2. The van der Waals surface area contributed by atoms with Crippen LogP contribution in [0.25, 0.3) is 0 Å². The number of benzene rings is 2. The van der Waals surface area contributed by atoms with Gasteiger partial charge in [0.2, 0.25) is 5.91 Å². The molecule has 3 rings (SSSR count). The number of piperidine rings is 1. The second-order valence-electron chi connectivity index (χ2n) is 8.33. The van der Waals surface area contributed by atoms with E-state index < -0.39 is 10.0 Å². The number of carbonyl (C=O) groups excluding carboxylic acids is 2. The summed E-state index contributed by atoms with van der Waals surface area (Å²) in [6.45, 7) is 6.50. The van der Waals surface area contributed by atoms with Crippen molar-refractivity contribution in [1.29, 1.82) is 0 Å². The number of hydrogen-bond acceptors (Lipinski definition) is 4. The van der Waals surface area contributed by atoms with Crippen molar-refractivity contribution in [3.8, 4) is 0 Å². The zero-order valence-electron chi connectivity index (χ0n) is 18.8. The molecule has 1 unspecified atom stereocenters. The third kappa shape index (κ3) is 5.68. The van der Waals surface area contributed by atoms with E-state index in [1.54, 1.807) is 48.2 Å². The Morgan fingerprint density at radius 2 is 1.88 bits per heavy atom.